The van der Waals surface area contributed by atoms with Gasteiger partial charge >= 0.3 is 0 Å². The standard InChI is InChI=1S/C14H14OS/c1-14(16,12-8-4-2-5-9-12)15-13-10-6-3-7-11-13/h2-11,16H,1H3. The summed E-state index contributed by atoms with van der Waals surface area (Å²) in [6.07, 6.45) is 0. The summed E-state index contributed by atoms with van der Waals surface area (Å²) in [7, 11) is 0. The van der Waals surface area contributed by atoms with Gasteiger partial charge in [-0.3, -0.25) is 0 Å². The van der Waals surface area contributed by atoms with Gasteiger partial charge in [0, 0.05) is 5.56 Å². The third-order valence-corrected chi connectivity index (χ3v) is 2.72. The lowest BCUT2D eigenvalue weighted by Crippen LogP contribution is -2.22. The summed E-state index contributed by atoms with van der Waals surface area (Å²) in [5, 5.41) is 0. The number of ether oxygens (including phenoxy) is 1. The van der Waals surface area contributed by atoms with Gasteiger partial charge in [-0.2, -0.15) is 0 Å². The summed E-state index contributed by atoms with van der Waals surface area (Å²) in [6.45, 7) is 1.94. The molecule has 0 amide bonds. The summed E-state index contributed by atoms with van der Waals surface area (Å²) in [4.78, 5) is -0.609. The second-order valence-electron chi connectivity index (χ2n) is 3.76. The maximum Gasteiger partial charge on any atom is 0.174 e. The molecule has 0 radical (unpaired) electrons. The van der Waals surface area contributed by atoms with Gasteiger partial charge in [0.15, 0.2) is 4.93 Å². The maximum absolute atomic E-state index is 5.85. The fourth-order valence-corrected chi connectivity index (χ4v) is 1.78. The second kappa shape index (κ2) is 4.62. The van der Waals surface area contributed by atoms with Crippen molar-refractivity contribution < 1.29 is 4.74 Å². The van der Waals surface area contributed by atoms with Crippen LogP contribution in [0.15, 0.2) is 60.7 Å². The van der Waals surface area contributed by atoms with Crippen LogP contribution >= 0.6 is 12.6 Å². The van der Waals surface area contributed by atoms with Crippen molar-refractivity contribution in [3.63, 3.8) is 0 Å². The SMILES string of the molecule is CC(S)(Oc1ccccc1)c1ccccc1. The van der Waals surface area contributed by atoms with Crippen molar-refractivity contribution in [3.8, 4) is 5.75 Å². The van der Waals surface area contributed by atoms with E-state index in [4.69, 9.17) is 4.74 Å². The van der Waals surface area contributed by atoms with Crippen LogP contribution in [0.25, 0.3) is 0 Å². The average molecular weight is 230 g/mol. The van der Waals surface area contributed by atoms with E-state index >= 15 is 0 Å². The minimum absolute atomic E-state index is 0.609. The fourth-order valence-electron chi connectivity index (χ4n) is 1.52. The summed E-state index contributed by atoms with van der Waals surface area (Å²) in [6, 6.07) is 19.7. The molecule has 0 N–H and O–H groups in total. The molecule has 2 heteroatoms. The lowest BCUT2D eigenvalue weighted by Gasteiger charge is -2.25. The van der Waals surface area contributed by atoms with E-state index in [1.54, 1.807) is 0 Å². The number of rotatable bonds is 3. The Labute approximate surface area is 101 Å². The highest BCUT2D eigenvalue weighted by Crippen LogP contribution is 2.30. The van der Waals surface area contributed by atoms with Crippen LogP contribution in [-0.4, -0.2) is 0 Å². The highest BCUT2D eigenvalue weighted by Gasteiger charge is 2.23. The minimum Gasteiger partial charge on any atom is -0.473 e. The Kier molecular flexibility index (Phi) is 3.20. The quantitative estimate of drug-likeness (QED) is 0.622. The molecule has 0 aromatic heterocycles. The summed E-state index contributed by atoms with van der Waals surface area (Å²) in [5.41, 5.74) is 1.04. The van der Waals surface area contributed by atoms with Crippen LogP contribution in [-0.2, 0) is 4.93 Å². The molecule has 1 unspecified atom stereocenters. The zero-order chi connectivity index (χ0) is 11.4. The van der Waals surface area contributed by atoms with Crippen LogP contribution in [0.2, 0.25) is 0 Å². The molecular weight excluding hydrogens is 216 g/mol. The first-order chi connectivity index (χ1) is 7.68. The van der Waals surface area contributed by atoms with Gasteiger partial charge in [0.05, 0.1) is 0 Å². The minimum atomic E-state index is -0.609. The molecule has 0 heterocycles. The number of hydrogen-bond donors (Lipinski definition) is 1. The predicted octanol–water partition coefficient (Wildman–Crippen LogP) is 3.87. The Morgan fingerprint density at radius 3 is 1.94 bits per heavy atom. The van der Waals surface area contributed by atoms with Crippen LogP contribution in [0, 0.1) is 0 Å². The summed E-state index contributed by atoms with van der Waals surface area (Å²) >= 11 is 4.57. The molecule has 2 rings (SSSR count). The second-order valence-corrected chi connectivity index (χ2v) is 4.62. The molecule has 0 aliphatic heterocycles. The summed E-state index contributed by atoms with van der Waals surface area (Å²) < 4.78 is 5.85. The van der Waals surface area contributed by atoms with Gasteiger partial charge in [-0.15, -0.1) is 12.6 Å². The Morgan fingerprint density at radius 1 is 0.875 bits per heavy atom. The first kappa shape index (κ1) is 11.1. The van der Waals surface area contributed by atoms with E-state index in [1.165, 1.54) is 0 Å². The van der Waals surface area contributed by atoms with Gasteiger partial charge in [0.25, 0.3) is 0 Å². The van der Waals surface area contributed by atoms with Crippen molar-refractivity contribution in [2.24, 2.45) is 0 Å². The number of thiol groups is 1. The van der Waals surface area contributed by atoms with Gasteiger partial charge in [0.2, 0.25) is 0 Å². The van der Waals surface area contributed by atoms with Crippen molar-refractivity contribution in [3.05, 3.63) is 66.2 Å². The Bertz CT molecular complexity index is 437. The molecule has 16 heavy (non-hydrogen) atoms. The van der Waals surface area contributed by atoms with Crippen LogP contribution < -0.4 is 4.74 Å². The zero-order valence-electron chi connectivity index (χ0n) is 9.13. The molecule has 1 atom stereocenters. The van der Waals surface area contributed by atoms with E-state index in [0.717, 1.165) is 11.3 Å². The van der Waals surface area contributed by atoms with Crippen LogP contribution in [0.5, 0.6) is 5.75 Å². The lowest BCUT2D eigenvalue weighted by molar-refractivity contribution is 0.191. The van der Waals surface area contributed by atoms with Crippen molar-refractivity contribution in [2.45, 2.75) is 11.9 Å². The Hall–Kier alpha value is -1.41. The van der Waals surface area contributed by atoms with E-state index in [9.17, 15) is 0 Å². The van der Waals surface area contributed by atoms with E-state index in [2.05, 4.69) is 12.6 Å². The third-order valence-electron chi connectivity index (χ3n) is 2.37. The molecule has 0 bridgehead atoms. The topological polar surface area (TPSA) is 9.23 Å². The first-order valence-electron chi connectivity index (χ1n) is 5.20. The normalized spacial score (nSPS) is 14.1. The predicted molar refractivity (Wildman–Crippen MR) is 69.9 cm³/mol. The van der Waals surface area contributed by atoms with Crippen molar-refractivity contribution in [1.82, 2.24) is 0 Å². The van der Waals surface area contributed by atoms with Gasteiger partial charge in [-0.1, -0.05) is 48.5 Å². The van der Waals surface area contributed by atoms with Crippen LogP contribution in [0.1, 0.15) is 12.5 Å². The van der Waals surface area contributed by atoms with E-state index < -0.39 is 4.93 Å². The molecule has 0 spiro atoms. The van der Waals surface area contributed by atoms with Crippen molar-refractivity contribution >= 4 is 12.6 Å². The van der Waals surface area contributed by atoms with Gasteiger partial charge in [-0.05, 0) is 19.1 Å². The molecule has 82 valence electrons. The average Bonchev–Trinajstić information content (AvgIpc) is 2.31. The molecule has 0 aliphatic carbocycles. The number of para-hydroxylation sites is 1. The van der Waals surface area contributed by atoms with Crippen LogP contribution in [0.3, 0.4) is 0 Å². The third kappa shape index (κ3) is 2.58. The number of hydrogen-bond acceptors (Lipinski definition) is 2. The van der Waals surface area contributed by atoms with E-state index in [-0.39, 0.29) is 0 Å². The lowest BCUT2D eigenvalue weighted by atomic mass is 10.1. The highest BCUT2D eigenvalue weighted by molar-refractivity contribution is 7.81. The Morgan fingerprint density at radius 2 is 1.38 bits per heavy atom. The zero-order valence-corrected chi connectivity index (χ0v) is 10.0. The monoisotopic (exact) mass is 230 g/mol. The largest absolute Gasteiger partial charge is 0.473 e. The van der Waals surface area contributed by atoms with Gasteiger partial charge < -0.3 is 4.74 Å². The van der Waals surface area contributed by atoms with E-state index in [0.29, 0.717) is 0 Å². The van der Waals surface area contributed by atoms with E-state index in [1.807, 2.05) is 67.6 Å². The van der Waals surface area contributed by atoms with Crippen LogP contribution in [0.4, 0.5) is 0 Å². The smallest absolute Gasteiger partial charge is 0.174 e. The molecule has 2 aromatic rings. The fraction of sp³-hybridized carbons (Fsp3) is 0.143. The van der Waals surface area contributed by atoms with Crippen molar-refractivity contribution in [2.75, 3.05) is 0 Å². The summed E-state index contributed by atoms with van der Waals surface area (Å²) in [5.74, 6) is 0.823. The number of benzene rings is 2. The first-order valence-corrected chi connectivity index (χ1v) is 5.65. The molecule has 0 saturated carbocycles. The molecular formula is C14H14OS. The molecule has 0 fully saturated rings. The maximum atomic E-state index is 5.85. The molecule has 2 aromatic carbocycles. The van der Waals surface area contributed by atoms with Crippen molar-refractivity contribution in [1.29, 1.82) is 0 Å². The highest BCUT2D eigenvalue weighted by atomic mass is 32.1. The Balaban J connectivity index is 2.21. The van der Waals surface area contributed by atoms with Gasteiger partial charge in [0.1, 0.15) is 5.75 Å². The molecule has 0 saturated heterocycles. The molecule has 0 aliphatic rings. The van der Waals surface area contributed by atoms with Gasteiger partial charge in [-0.25, -0.2) is 0 Å². The molecule has 1 nitrogen and oxygen atoms in total.